The minimum Gasteiger partial charge on any atom is -0.444 e. The number of hydrogen-bond donors (Lipinski definition) is 1. The number of hydrogen-bond acceptors (Lipinski definition) is 7. The Morgan fingerprint density at radius 3 is 2.58 bits per heavy atom. The number of thiophene rings is 1. The van der Waals surface area contributed by atoms with Crippen LogP contribution in [0.1, 0.15) is 37.6 Å². The summed E-state index contributed by atoms with van der Waals surface area (Å²) in [5.74, 6) is 0.259. The average Bonchev–Trinajstić information content (AvgIpc) is 3.46. The van der Waals surface area contributed by atoms with Crippen molar-refractivity contribution in [3.8, 4) is 21.9 Å². The summed E-state index contributed by atoms with van der Waals surface area (Å²) in [7, 11) is 1.60. The number of alkyl halides is 2. The Hall–Kier alpha value is -3.23. The van der Waals surface area contributed by atoms with Crippen molar-refractivity contribution >= 4 is 37.8 Å². The van der Waals surface area contributed by atoms with E-state index in [0.717, 1.165) is 16.9 Å². The Kier molecular flexibility index (Phi) is 8.23. The Morgan fingerprint density at radius 1 is 1.18 bits per heavy atom. The van der Waals surface area contributed by atoms with Crippen LogP contribution in [0.3, 0.4) is 0 Å². The van der Waals surface area contributed by atoms with Gasteiger partial charge in [-0.15, -0.1) is 11.3 Å². The molecule has 0 fully saturated rings. The largest absolute Gasteiger partial charge is 0.444 e. The molecule has 0 bridgehead atoms. The molecule has 4 aromatic rings. The number of ether oxygens (including phenoxy) is 1. The number of nitrogens with one attached hydrogen (secondary N) is 1. The molecular weight excluding hydrogens is 531 g/mol. The molecule has 38 heavy (non-hydrogen) atoms. The molecule has 1 unspecified atom stereocenters. The SMILES string of the molecule is CC(C)(C)OC(=O)N[C@H](CCc1ccc2oc(-c3cc(-c4ccccc4)c(C(F)(F)P)s3)nc2c1)CN=O. The van der Waals surface area contributed by atoms with Gasteiger partial charge in [0, 0.05) is 5.56 Å². The van der Waals surface area contributed by atoms with Crippen LogP contribution in [-0.2, 0) is 16.8 Å². The number of amides is 1. The Bertz CT molecular complexity index is 1430. The van der Waals surface area contributed by atoms with Crippen LogP contribution in [0.2, 0.25) is 0 Å². The number of nitroso groups, excluding NO2 is 1. The number of benzene rings is 2. The van der Waals surface area contributed by atoms with Gasteiger partial charge in [0.1, 0.15) is 17.7 Å². The number of carbonyl (C=O) groups is 1. The topological polar surface area (TPSA) is 93.8 Å². The molecule has 0 aliphatic carbocycles. The van der Waals surface area contributed by atoms with Crippen LogP contribution in [-0.4, -0.2) is 29.3 Å². The Labute approximate surface area is 225 Å². The van der Waals surface area contributed by atoms with Crippen molar-refractivity contribution in [2.75, 3.05) is 6.54 Å². The summed E-state index contributed by atoms with van der Waals surface area (Å²) >= 11 is 0.944. The highest BCUT2D eigenvalue weighted by Crippen LogP contribution is 2.48. The molecule has 2 heterocycles. The van der Waals surface area contributed by atoms with E-state index in [4.69, 9.17) is 9.15 Å². The van der Waals surface area contributed by atoms with Crippen LogP contribution in [0.15, 0.2) is 64.2 Å². The number of aryl methyl sites for hydroxylation is 1. The maximum absolute atomic E-state index is 14.4. The van der Waals surface area contributed by atoms with E-state index in [1.807, 2.05) is 18.2 Å². The molecule has 0 radical (unpaired) electrons. The molecule has 4 rings (SSSR count). The molecule has 2 aromatic heterocycles. The first-order valence-corrected chi connectivity index (χ1v) is 13.4. The van der Waals surface area contributed by atoms with Gasteiger partial charge in [0.2, 0.25) is 5.89 Å². The fourth-order valence-corrected chi connectivity index (χ4v) is 5.25. The van der Waals surface area contributed by atoms with Gasteiger partial charge in [0.05, 0.1) is 15.8 Å². The van der Waals surface area contributed by atoms with Gasteiger partial charge in [-0.25, -0.2) is 9.78 Å². The van der Waals surface area contributed by atoms with Gasteiger partial charge in [0.15, 0.2) is 5.58 Å². The van der Waals surface area contributed by atoms with Gasteiger partial charge in [-0.3, -0.25) is 0 Å². The second kappa shape index (κ2) is 11.3. The normalized spacial score (nSPS) is 12.9. The highest BCUT2D eigenvalue weighted by molar-refractivity contribution is 7.22. The van der Waals surface area contributed by atoms with Crippen LogP contribution in [0.25, 0.3) is 33.0 Å². The van der Waals surface area contributed by atoms with Gasteiger partial charge >= 0.3 is 6.09 Å². The fraction of sp³-hybridized carbons (Fsp3) is 0.333. The van der Waals surface area contributed by atoms with Crippen LogP contribution < -0.4 is 5.32 Å². The monoisotopic (exact) mass is 559 g/mol. The number of oxazole rings is 1. The zero-order chi connectivity index (χ0) is 27.5. The van der Waals surface area contributed by atoms with Crippen LogP contribution in [0, 0.1) is 4.91 Å². The highest BCUT2D eigenvalue weighted by Gasteiger charge is 2.32. The number of halogens is 2. The molecule has 11 heteroatoms. The summed E-state index contributed by atoms with van der Waals surface area (Å²) in [6.07, 6.45) is 0.387. The standard InChI is InChI=1S/C27H28F2N3O4PS/c1-26(2,3)36-25(33)31-18(15-30-34)11-9-16-10-12-21-20(13-16)32-24(35-21)22-14-19(17-7-5-4-6-8-17)23(38-22)27(28,29)37/h4-8,10,12-14,18H,9,11,15,37H2,1-3H3,(H,31,33)/t18-/m1/s1. The zero-order valence-corrected chi connectivity index (χ0v) is 23.1. The molecular formula is C27H28F2N3O4PS. The summed E-state index contributed by atoms with van der Waals surface area (Å²) in [6, 6.07) is 15.7. The third-order valence-corrected chi connectivity index (χ3v) is 7.29. The van der Waals surface area contributed by atoms with E-state index in [-0.39, 0.29) is 17.3 Å². The average molecular weight is 560 g/mol. The number of carbonyl (C=O) groups excluding carboxylic acids is 1. The fourth-order valence-electron chi connectivity index (χ4n) is 3.92. The summed E-state index contributed by atoms with van der Waals surface area (Å²) in [6.45, 7) is 5.19. The van der Waals surface area contributed by atoms with Gasteiger partial charge < -0.3 is 14.5 Å². The third-order valence-electron chi connectivity index (χ3n) is 5.58. The molecule has 0 spiro atoms. The van der Waals surface area contributed by atoms with Gasteiger partial charge in [0.25, 0.3) is 5.66 Å². The van der Waals surface area contributed by atoms with E-state index in [1.165, 1.54) is 0 Å². The minimum absolute atomic E-state index is 0.0829. The number of nitrogens with zero attached hydrogens (tertiary/aromatic N) is 2. The lowest BCUT2D eigenvalue weighted by Crippen LogP contribution is -2.40. The van der Waals surface area contributed by atoms with E-state index >= 15 is 0 Å². The third kappa shape index (κ3) is 6.99. The van der Waals surface area contributed by atoms with Gasteiger partial charge in [-0.2, -0.15) is 13.7 Å². The van der Waals surface area contributed by atoms with Crippen molar-refractivity contribution in [1.29, 1.82) is 0 Å². The number of alkyl carbamates (subject to hydrolysis) is 1. The molecule has 200 valence electrons. The summed E-state index contributed by atoms with van der Waals surface area (Å²) in [4.78, 5) is 27.9. The summed E-state index contributed by atoms with van der Waals surface area (Å²) in [5.41, 5.74) is -0.630. The predicted molar refractivity (Wildman–Crippen MR) is 149 cm³/mol. The smallest absolute Gasteiger partial charge is 0.407 e. The van der Waals surface area contributed by atoms with Crippen molar-refractivity contribution in [3.05, 3.63) is 69.9 Å². The van der Waals surface area contributed by atoms with E-state index < -0.39 is 23.4 Å². The van der Waals surface area contributed by atoms with Crippen LogP contribution in [0.4, 0.5) is 13.6 Å². The van der Waals surface area contributed by atoms with Crippen LogP contribution >= 0.6 is 20.6 Å². The summed E-state index contributed by atoms with van der Waals surface area (Å²) in [5, 5.41) is 5.62. The minimum atomic E-state index is -3.10. The second-order valence-electron chi connectivity index (χ2n) is 9.86. The molecule has 0 aliphatic rings. The van der Waals surface area contributed by atoms with Crippen LogP contribution in [0.5, 0.6) is 0 Å². The maximum atomic E-state index is 14.4. The first-order chi connectivity index (χ1) is 17.9. The molecule has 2 aromatic carbocycles. The molecule has 7 nitrogen and oxygen atoms in total. The first kappa shape index (κ1) is 27.8. The predicted octanol–water partition coefficient (Wildman–Crippen LogP) is 7.74. The van der Waals surface area contributed by atoms with Crippen molar-refractivity contribution in [2.45, 2.75) is 50.9 Å². The van der Waals surface area contributed by atoms with E-state index in [9.17, 15) is 18.5 Å². The second-order valence-corrected chi connectivity index (χ2v) is 11.6. The van der Waals surface area contributed by atoms with Crippen molar-refractivity contribution < 1.29 is 22.7 Å². The number of fused-ring (bicyclic) bond motifs is 1. The lowest BCUT2D eigenvalue weighted by Gasteiger charge is -2.22. The molecule has 1 N–H and O–H groups in total. The highest BCUT2D eigenvalue weighted by atomic mass is 32.1. The first-order valence-electron chi connectivity index (χ1n) is 12.0. The maximum Gasteiger partial charge on any atom is 0.407 e. The van der Waals surface area contributed by atoms with Gasteiger partial charge in [-0.05, 0) is 62.9 Å². The van der Waals surface area contributed by atoms with E-state index in [2.05, 4.69) is 15.5 Å². The Morgan fingerprint density at radius 2 is 1.92 bits per heavy atom. The molecule has 1 amide bonds. The zero-order valence-electron chi connectivity index (χ0n) is 21.2. The quantitative estimate of drug-likeness (QED) is 0.167. The van der Waals surface area contributed by atoms with Gasteiger partial charge in [-0.1, -0.05) is 50.8 Å². The molecule has 0 aliphatic heterocycles. The van der Waals surface area contributed by atoms with Crippen molar-refractivity contribution in [3.63, 3.8) is 0 Å². The van der Waals surface area contributed by atoms with Crippen molar-refractivity contribution in [1.82, 2.24) is 10.3 Å². The molecule has 0 saturated heterocycles. The van der Waals surface area contributed by atoms with E-state index in [0.29, 0.717) is 39.9 Å². The van der Waals surface area contributed by atoms with E-state index in [1.54, 1.807) is 66.4 Å². The lowest BCUT2D eigenvalue weighted by molar-refractivity contribution is 0.0503. The number of rotatable bonds is 9. The molecule has 0 saturated carbocycles. The lowest BCUT2D eigenvalue weighted by atomic mass is 10.0. The summed E-state index contributed by atoms with van der Waals surface area (Å²) < 4.78 is 40.0. The number of aromatic nitrogens is 1. The molecule has 2 atom stereocenters. The Balaban J connectivity index is 1.54. The van der Waals surface area contributed by atoms with Crippen molar-refractivity contribution in [2.24, 2.45) is 5.18 Å².